The molecule has 6 rings (SSSR count). The molecule has 2 aliphatic rings. The Labute approximate surface area is 233 Å². The lowest BCUT2D eigenvalue weighted by molar-refractivity contribution is 0.643. The first-order chi connectivity index (χ1) is 18.8. The van der Waals surface area contributed by atoms with E-state index in [2.05, 4.69) is 143 Å². The van der Waals surface area contributed by atoms with Gasteiger partial charge in [-0.1, -0.05) is 119 Å². The Kier molecular flexibility index (Phi) is 5.99. The SMILES string of the molecule is C=CC1=C(/C=C2\Cc3ccccc3C2(C)C)c2c(-c3cccc(NC)c3)cc(-c3ccccc3)cc2C1(C)C. The molecule has 0 aromatic heterocycles. The molecule has 0 saturated heterocycles. The lowest BCUT2D eigenvalue weighted by Gasteiger charge is -2.24. The van der Waals surface area contributed by atoms with Gasteiger partial charge in [-0.05, 0) is 86.3 Å². The summed E-state index contributed by atoms with van der Waals surface area (Å²) in [5.41, 5.74) is 15.6. The van der Waals surface area contributed by atoms with Gasteiger partial charge in [-0.2, -0.15) is 0 Å². The van der Waals surface area contributed by atoms with E-state index in [1.807, 2.05) is 7.05 Å². The Morgan fingerprint density at radius 3 is 2.15 bits per heavy atom. The van der Waals surface area contributed by atoms with E-state index in [9.17, 15) is 0 Å². The molecule has 0 radical (unpaired) electrons. The molecule has 0 spiro atoms. The molecule has 0 bridgehead atoms. The third kappa shape index (κ3) is 4.00. The van der Waals surface area contributed by atoms with Crippen molar-refractivity contribution in [2.45, 2.75) is 44.9 Å². The van der Waals surface area contributed by atoms with Gasteiger partial charge in [0.2, 0.25) is 0 Å². The van der Waals surface area contributed by atoms with Gasteiger partial charge in [0.1, 0.15) is 0 Å². The minimum Gasteiger partial charge on any atom is -0.388 e. The molecule has 0 unspecified atom stereocenters. The van der Waals surface area contributed by atoms with Gasteiger partial charge in [-0.15, -0.1) is 0 Å². The second-order valence-corrected chi connectivity index (χ2v) is 11.9. The Bertz CT molecular complexity index is 1660. The fraction of sp³-hybridized carbons (Fsp3) is 0.211. The van der Waals surface area contributed by atoms with Gasteiger partial charge in [0.15, 0.2) is 0 Å². The van der Waals surface area contributed by atoms with Crippen molar-refractivity contribution in [2.75, 3.05) is 12.4 Å². The fourth-order valence-electron chi connectivity index (χ4n) is 6.71. The van der Waals surface area contributed by atoms with Crippen molar-refractivity contribution in [1.82, 2.24) is 0 Å². The van der Waals surface area contributed by atoms with Crippen molar-refractivity contribution in [1.29, 1.82) is 0 Å². The number of hydrogen-bond acceptors (Lipinski definition) is 1. The second-order valence-electron chi connectivity index (χ2n) is 11.9. The molecule has 39 heavy (non-hydrogen) atoms. The molecule has 0 heterocycles. The molecule has 0 saturated carbocycles. The van der Waals surface area contributed by atoms with Crippen LogP contribution < -0.4 is 5.32 Å². The molecule has 0 amide bonds. The predicted molar refractivity (Wildman–Crippen MR) is 168 cm³/mol. The Morgan fingerprint density at radius 1 is 0.718 bits per heavy atom. The maximum absolute atomic E-state index is 4.34. The zero-order valence-corrected chi connectivity index (χ0v) is 23.7. The highest BCUT2D eigenvalue weighted by molar-refractivity contribution is 5.97. The highest BCUT2D eigenvalue weighted by atomic mass is 14.8. The summed E-state index contributed by atoms with van der Waals surface area (Å²) in [4.78, 5) is 0. The van der Waals surface area contributed by atoms with Gasteiger partial charge in [0.05, 0.1) is 0 Å². The number of benzene rings is 4. The number of fused-ring (bicyclic) bond motifs is 2. The number of allylic oxidation sites excluding steroid dienone is 5. The van der Waals surface area contributed by atoms with Crippen LogP contribution in [0.5, 0.6) is 0 Å². The van der Waals surface area contributed by atoms with Crippen LogP contribution in [0.1, 0.15) is 49.9 Å². The molecule has 4 aromatic rings. The number of anilines is 1. The number of rotatable bonds is 5. The van der Waals surface area contributed by atoms with Crippen LogP contribution in [0, 0.1) is 0 Å². The van der Waals surface area contributed by atoms with Crippen molar-refractivity contribution in [3.05, 3.63) is 143 Å². The van der Waals surface area contributed by atoms with E-state index < -0.39 is 0 Å². The summed E-state index contributed by atoms with van der Waals surface area (Å²) in [5, 5.41) is 3.34. The third-order valence-corrected chi connectivity index (χ3v) is 9.01. The van der Waals surface area contributed by atoms with Crippen LogP contribution in [0.15, 0.2) is 121 Å². The van der Waals surface area contributed by atoms with Crippen LogP contribution in [0.3, 0.4) is 0 Å². The van der Waals surface area contributed by atoms with Crippen molar-refractivity contribution < 1.29 is 0 Å². The summed E-state index contributed by atoms with van der Waals surface area (Å²) in [5.74, 6) is 0. The molecule has 2 aliphatic carbocycles. The van der Waals surface area contributed by atoms with E-state index in [0.717, 1.165) is 12.1 Å². The molecule has 1 N–H and O–H groups in total. The monoisotopic (exact) mass is 507 g/mol. The van der Waals surface area contributed by atoms with E-state index in [1.54, 1.807) is 0 Å². The van der Waals surface area contributed by atoms with Crippen LogP contribution in [0.25, 0.3) is 27.8 Å². The quantitative estimate of drug-likeness (QED) is 0.283. The van der Waals surface area contributed by atoms with Crippen LogP contribution in [-0.4, -0.2) is 7.05 Å². The van der Waals surface area contributed by atoms with Gasteiger partial charge in [0, 0.05) is 23.6 Å². The van der Waals surface area contributed by atoms with Crippen molar-refractivity contribution in [2.24, 2.45) is 0 Å². The zero-order chi connectivity index (χ0) is 27.4. The summed E-state index contributed by atoms with van der Waals surface area (Å²) < 4.78 is 0. The molecule has 0 fully saturated rings. The molecule has 1 heteroatoms. The van der Waals surface area contributed by atoms with Crippen LogP contribution >= 0.6 is 0 Å². The van der Waals surface area contributed by atoms with Crippen LogP contribution in [0.4, 0.5) is 5.69 Å². The standard InChI is InChI=1S/C38H37N/c1-7-33-32(24-29-20-27-16-11-12-19-34(27)37(29,2)3)36-31(26-17-13-18-30(21-26)39-6)22-28(23-35(36)38(33,4)5)25-14-9-8-10-15-25/h7-19,21-24,39H,1,20H2,2-6H3/b29-24+. The third-order valence-electron chi connectivity index (χ3n) is 9.01. The van der Waals surface area contributed by atoms with E-state index in [4.69, 9.17) is 0 Å². The van der Waals surface area contributed by atoms with Crippen molar-refractivity contribution >= 4 is 11.3 Å². The Balaban J connectivity index is 1.64. The fourth-order valence-corrected chi connectivity index (χ4v) is 6.71. The maximum Gasteiger partial charge on any atom is 0.0343 e. The Morgan fingerprint density at radius 2 is 1.44 bits per heavy atom. The molecule has 0 aliphatic heterocycles. The molecule has 0 atom stereocenters. The summed E-state index contributed by atoms with van der Waals surface area (Å²) in [6.07, 6.45) is 5.58. The normalized spacial score (nSPS) is 17.7. The average Bonchev–Trinajstić information content (AvgIpc) is 3.34. The smallest absolute Gasteiger partial charge is 0.0343 e. The highest BCUT2D eigenvalue weighted by Gasteiger charge is 2.40. The Hall–Kier alpha value is -4.10. The molecule has 4 aromatic carbocycles. The van der Waals surface area contributed by atoms with Gasteiger partial charge in [-0.3, -0.25) is 0 Å². The van der Waals surface area contributed by atoms with Crippen LogP contribution in [-0.2, 0) is 17.3 Å². The van der Waals surface area contributed by atoms with Crippen LogP contribution in [0.2, 0.25) is 0 Å². The largest absolute Gasteiger partial charge is 0.388 e. The first-order valence-corrected chi connectivity index (χ1v) is 13.9. The first kappa shape index (κ1) is 25.2. The maximum atomic E-state index is 4.34. The zero-order valence-electron chi connectivity index (χ0n) is 23.7. The van der Waals surface area contributed by atoms with Gasteiger partial charge >= 0.3 is 0 Å². The van der Waals surface area contributed by atoms with E-state index in [1.165, 1.54) is 61.2 Å². The first-order valence-electron chi connectivity index (χ1n) is 13.9. The van der Waals surface area contributed by atoms with E-state index in [-0.39, 0.29) is 10.8 Å². The minimum atomic E-state index is -0.167. The summed E-state index contributed by atoms with van der Waals surface area (Å²) in [7, 11) is 1.98. The molecule has 194 valence electrons. The summed E-state index contributed by atoms with van der Waals surface area (Å²) in [6.45, 7) is 13.8. The summed E-state index contributed by atoms with van der Waals surface area (Å²) >= 11 is 0. The molecular formula is C38H37N. The van der Waals surface area contributed by atoms with Gasteiger partial charge in [-0.25, -0.2) is 0 Å². The highest BCUT2D eigenvalue weighted by Crippen LogP contribution is 2.54. The molecular weight excluding hydrogens is 470 g/mol. The van der Waals surface area contributed by atoms with Gasteiger partial charge in [0.25, 0.3) is 0 Å². The predicted octanol–water partition coefficient (Wildman–Crippen LogP) is 9.75. The minimum absolute atomic E-state index is 0.0149. The lowest BCUT2D eigenvalue weighted by atomic mass is 9.79. The number of nitrogens with one attached hydrogen (secondary N) is 1. The average molecular weight is 508 g/mol. The van der Waals surface area contributed by atoms with E-state index >= 15 is 0 Å². The van der Waals surface area contributed by atoms with Crippen molar-refractivity contribution in [3.63, 3.8) is 0 Å². The van der Waals surface area contributed by atoms with Gasteiger partial charge < -0.3 is 5.32 Å². The topological polar surface area (TPSA) is 12.0 Å². The molecule has 1 nitrogen and oxygen atoms in total. The van der Waals surface area contributed by atoms with E-state index in [0.29, 0.717) is 0 Å². The second kappa shape index (κ2) is 9.27. The van der Waals surface area contributed by atoms with Crippen molar-refractivity contribution in [3.8, 4) is 22.3 Å². The summed E-state index contributed by atoms with van der Waals surface area (Å²) in [6, 6.07) is 33.3. The number of hydrogen-bond donors (Lipinski definition) is 1. The lowest BCUT2D eigenvalue weighted by Crippen LogP contribution is -2.16.